The van der Waals surface area contributed by atoms with Crippen molar-refractivity contribution in [3.8, 4) is 5.75 Å². The third kappa shape index (κ3) is 4.79. The number of carbonyl (C=O) groups is 2. The summed E-state index contributed by atoms with van der Waals surface area (Å²) in [6.07, 6.45) is 0.508. The molecule has 1 N–H and O–H groups in total. The number of pyridine rings is 2. The summed E-state index contributed by atoms with van der Waals surface area (Å²) in [5, 5.41) is 7.82. The number of amides is 2. The van der Waals surface area contributed by atoms with Gasteiger partial charge in [0, 0.05) is 18.0 Å². The van der Waals surface area contributed by atoms with Crippen molar-refractivity contribution >= 4 is 40.1 Å². The third-order valence-corrected chi connectivity index (χ3v) is 8.26. The van der Waals surface area contributed by atoms with Gasteiger partial charge in [-0.05, 0) is 56.7 Å². The van der Waals surface area contributed by atoms with Crippen molar-refractivity contribution in [2.75, 3.05) is 18.0 Å². The number of anilines is 1. The number of nitrogens with one attached hydrogen (secondary N) is 1. The lowest BCUT2D eigenvalue weighted by atomic mass is 9.71. The fourth-order valence-corrected chi connectivity index (χ4v) is 6.37. The number of alkyl halides is 3. The van der Waals surface area contributed by atoms with Crippen molar-refractivity contribution in [3.05, 3.63) is 41.4 Å². The predicted octanol–water partition coefficient (Wildman–Crippen LogP) is 4.56. The molecule has 1 atom stereocenters. The van der Waals surface area contributed by atoms with Crippen molar-refractivity contribution in [1.29, 1.82) is 0 Å². The number of rotatable bonds is 5. The van der Waals surface area contributed by atoms with E-state index in [4.69, 9.17) is 16.3 Å². The zero-order chi connectivity index (χ0) is 27.4. The number of halogens is 4. The first kappa shape index (κ1) is 25.8. The van der Waals surface area contributed by atoms with Gasteiger partial charge in [0.2, 0.25) is 11.8 Å². The van der Waals surface area contributed by atoms with Gasteiger partial charge in [0.25, 0.3) is 0 Å². The first-order chi connectivity index (χ1) is 18.6. The lowest BCUT2D eigenvalue weighted by molar-refractivity contribution is -0.151. The van der Waals surface area contributed by atoms with E-state index in [0.717, 1.165) is 5.39 Å². The van der Waals surface area contributed by atoms with Crippen LogP contribution in [0.4, 0.5) is 18.9 Å². The van der Waals surface area contributed by atoms with Crippen molar-refractivity contribution in [2.24, 2.45) is 0 Å². The Morgan fingerprint density at radius 2 is 2.00 bits per heavy atom. The monoisotopic (exact) mass is 562 g/mol. The molecule has 39 heavy (non-hydrogen) atoms. The first-order valence-electron chi connectivity index (χ1n) is 12.9. The van der Waals surface area contributed by atoms with E-state index in [0.29, 0.717) is 61.3 Å². The molecule has 206 valence electrons. The fraction of sp³-hybridized carbons (Fsp3) is 0.500. The van der Waals surface area contributed by atoms with Crippen LogP contribution in [0.3, 0.4) is 0 Å². The maximum atomic E-state index is 13.9. The van der Waals surface area contributed by atoms with Crippen molar-refractivity contribution in [1.82, 2.24) is 25.1 Å². The van der Waals surface area contributed by atoms with Crippen LogP contribution in [-0.2, 0) is 15.0 Å². The van der Waals surface area contributed by atoms with Gasteiger partial charge in [-0.25, -0.2) is 9.97 Å². The zero-order valence-corrected chi connectivity index (χ0v) is 21.6. The molecule has 0 unspecified atom stereocenters. The Hall–Kier alpha value is -3.41. The van der Waals surface area contributed by atoms with E-state index in [-0.39, 0.29) is 30.3 Å². The Bertz CT molecular complexity index is 1420. The lowest BCUT2D eigenvalue weighted by Crippen LogP contribution is -2.49. The molecule has 3 aliphatic rings. The summed E-state index contributed by atoms with van der Waals surface area (Å²) in [4.78, 5) is 38.6. The fourth-order valence-electron chi connectivity index (χ4n) is 6.22. The van der Waals surface area contributed by atoms with E-state index < -0.39 is 30.0 Å². The van der Waals surface area contributed by atoms with Crippen LogP contribution in [-0.4, -0.2) is 68.3 Å². The Labute approximate surface area is 226 Å². The molecular weight excluding hydrogens is 537 g/mol. The summed E-state index contributed by atoms with van der Waals surface area (Å²) in [5.74, 6) is -0.158. The van der Waals surface area contributed by atoms with Crippen molar-refractivity contribution in [2.45, 2.75) is 68.7 Å². The largest absolute Gasteiger partial charge is 0.489 e. The highest BCUT2D eigenvalue weighted by atomic mass is 35.5. The summed E-state index contributed by atoms with van der Waals surface area (Å²) >= 11 is 6.22. The number of hydrogen-bond acceptors (Lipinski definition) is 6. The second-order valence-corrected chi connectivity index (χ2v) is 10.9. The average molecular weight is 563 g/mol. The van der Waals surface area contributed by atoms with E-state index in [1.807, 2.05) is 6.07 Å². The van der Waals surface area contributed by atoms with Crippen molar-refractivity contribution < 1.29 is 27.5 Å². The second kappa shape index (κ2) is 9.65. The Morgan fingerprint density at radius 3 is 2.77 bits per heavy atom. The molecule has 1 saturated carbocycles. The van der Waals surface area contributed by atoms with Gasteiger partial charge >= 0.3 is 6.18 Å². The van der Waals surface area contributed by atoms with Crippen LogP contribution in [0, 0.1) is 0 Å². The Balaban J connectivity index is 1.19. The van der Waals surface area contributed by atoms with Gasteiger partial charge in [-0.1, -0.05) is 11.6 Å². The lowest BCUT2D eigenvalue weighted by Gasteiger charge is -2.36. The van der Waals surface area contributed by atoms with Gasteiger partial charge in [-0.15, -0.1) is 0 Å². The summed E-state index contributed by atoms with van der Waals surface area (Å²) in [6, 6.07) is 4.16. The minimum absolute atomic E-state index is 0.152. The zero-order valence-electron chi connectivity index (χ0n) is 20.9. The molecule has 0 bridgehead atoms. The molecule has 13 heteroatoms. The second-order valence-electron chi connectivity index (χ2n) is 10.5. The number of hydrogen-bond donors (Lipinski definition) is 1. The third-order valence-electron chi connectivity index (χ3n) is 8.05. The summed E-state index contributed by atoms with van der Waals surface area (Å²) in [5.41, 5.74) is 0.692. The van der Waals surface area contributed by atoms with Crippen molar-refractivity contribution in [3.63, 3.8) is 0 Å². The average Bonchev–Trinajstić information content (AvgIpc) is 3.59. The number of ether oxygens (including phenoxy) is 1. The van der Waals surface area contributed by atoms with Crippen LogP contribution in [0.15, 0.2) is 30.6 Å². The van der Waals surface area contributed by atoms with Gasteiger partial charge in [-0.3, -0.25) is 14.7 Å². The topological polar surface area (TPSA) is 104 Å². The molecule has 3 aromatic heterocycles. The maximum absolute atomic E-state index is 13.9. The highest BCUT2D eigenvalue weighted by Crippen LogP contribution is 2.50. The number of aromatic amines is 1. The van der Waals surface area contributed by atoms with Gasteiger partial charge in [0.1, 0.15) is 17.4 Å². The molecule has 1 aliphatic carbocycles. The SMILES string of the molecule is O=C(CN1C(=O)C2(CCC(Oc3cnc4[nH]ncc4c3)CC2)c2nc(Cl)ccc21)N1CCC[C@H]1CC(F)(F)F. The molecule has 1 spiro atoms. The Morgan fingerprint density at radius 1 is 1.21 bits per heavy atom. The number of fused-ring (bicyclic) bond motifs is 3. The smallest absolute Gasteiger partial charge is 0.391 e. The first-order valence-corrected chi connectivity index (χ1v) is 13.3. The van der Waals surface area contributed by atoms with E-state index >= 15 is 0 Å². The molecule has 5 heterocycles. The molecule has 2 amide bonds. The number of carbonyl (C=O) groups excluding carboxylic acids is 2. The molecule has 9 nitrogen and oxygen atoms in total. The quantitative estimate of drug-likeness (QED) is 0.457. The number of H-pyrrole nitrogens is 1. The summed E-state index contributed by atoms with van der Waals surface area (Å²) in [7, 11) is 0. The van der Waals surface area contributed by atoms with Gasteiger partial charge in [-0.2, -0.15) is 18.3 Å². The van der Waals surface area contributed by atoms with Crippen LogP contribution < -0.4 is 9.64 Å². The van der Waals surface area contributed by atoms with Crippen LogP contribution in [0.5, 0.6) is 5.75 Å². The van der Waals surface area contributed by atoms with Crippen LogP contribution in [0.25, 0.3) is 11.0 Å². The van der Waals surface area contributed by atoms with Gasteiger partial charge in [0.05, 0.1) is 41.7 Å². The normalized spacial score (nSPS) is 25.1. The predicted molar refractivity (Wildman–Crippen MR) is 135 cm³/mol. The summed E-state index contributed by atoms with van der Waals surface area (Å²) < 4.78 is 45.4. The maximum Gasteiger partial charge on any atom is 0.391 e. The Kier molecular flexibility index (Phi) is 6.40. The highest BCUT2D eigenvalue weighted by Gasteiger charge is 2.54. The van der Waals surface area contributed by atoms with Gasteiger partial charge < -0.3 is 14.5 Å². The van der Waals surface area contributed by atoms with E-state index in [9.17, 15) is 22.8 Å². The van der Waals surface area contributed by atoms with Crippen LogP contribution in [0.2, 0.25) is 5.15 Å². The van der Waals surface area contributed by atoms with Gasteiger partial charge in [0.15, 0.2) is 5.65 Å². The highest BCUT2D eigenvalue weighted by molar-refractivity contribution is 6.29. The molecule has 0 aromatic carbocycles. The molecule has 3 aromatic rings. The number of aromatic nitrogens is 4. The summed E-state index contributed by atoms with van der Waals surface area (Å²) in [6.45, 7) is -0.0848. The molecule has 1 saturated heterocycles. The number of likely N-dealkylation sites (tertiary alicyclic amines) is 1. The van der Waals surface area contributed by atoms with E-state index in [1.165, 1.54) is 9.80 Å². The molecule has 0 radical (unpaired) electrons. The minimum atomic E-state index is -4.37. The molecule has 2 aliphatic heterocycles. The van der Waals surface area contributed by atoms with E-state index in [2.05, 4.69) is 20.2 Å². The molecular formula is C26H26ClF3N6O3. The number of nitrogens with zero attached hydrogens (tertiary/aromatic N) is 5. The molecule has 2 fully saturated rings. The van der Waals surface area contributed by atoms with E-state index in [1.54, 1.807) is 24.5 Å². The van der Waals surface area contributed by atoms with Crippen LogP contribution in [0.1, 0.15) is 50.6 Å². The standard InChI is InChI=1S/C26H26ClF3N6O3/c27-20-4-3-19-22(33-20)25(7-5-17(6-8-25)39-18-10-15-12-32-34-23(15)31-13-18)24(38)36(19)14-21(37)35-9-1-2-16(35)11-26(28,29)30/h3-4,10,12-13,16-17H,1-2,5-9,11,14H2,(H,31,32,34)/t16-,17?,25?/m0/s1. The minimum Gasteiger partial charge on any atom is -0.489 e. The molecule has 6 rings (SSSR count). The van der Waals surface area contributed by atoms with Crippen LogP contribution >= 0.6 is 11.6 Å².